The third kappa shape index (κ3) is 2.60. The average molecular weight is 406 g/mol. The number of esters is 1. The molecule has 6 rings (SSSR count). The smallest absolute Gasteiger partial charge is 0.338 e. The molecule has 0 aromatic heterocycles. The van der Waals surface area contributed by atoms with Crippen molar-refractivity contribution in [3.8, 4) is 0 Å². The van der Waals surface area contributed by atoms with Crippen LogP contribution in [0.2, 0.25) is 0 Å². The third-order valence-electron chi connectivity index (χ3n) is 7.72. The summed E-state index contributed by atoms with van der Waals surface area (Å²) in [6.45, 7) is 8.43. The van der Waals surface area contributed by atoms with Crippen molar-refractivity contribution in [1.82, 2.24) is 0 Å². The summed E-state index contributed by atoms with van der Waals surface area (Å²) >= 11 is 0. The van der Waals surface area contributed by atoms with E-state index in [2.05, 4.69) is 13.8 Å². The minimum absolute atomic E-state index is 0.000449. The summed E-state index contributed by atoms with van der Waals surface area (Å²) in [5, 5.41) is 0. The van der Waals surface area contributed by atoms with Gasteiger partial charge in [-0.25, -0.2) is 4.79 Å². The van der Waals surface area contributed by atoms with Gasteiger partial charge in [0.2, 0.25) is 0 Å². The lowest BCUT2D eigenvalue weighted by molar-refractivity contribution is -0.251. The molecule has 160 valence electrons. The van der Waals surface area contributed by atoms with Gasteiger partial charge in [-0.05, 0) is 53.4 Å². The molecule has 1 aliphatic carbocycles. The van der Waals surface area contributed by atoms with E-state index in [9.17, 15) is 4.79 Å². The second-order valence-electron chi connectivity index (χ2n) is 10.5. The Hall–Kier alpha value is -1.15. The van der Waals surface area contributed by atoms with Gasteiger partial charge >= 0.3 is 5.97 Å². The summed E-state index contributed by atoms with van der Waals surface area (Å²) in [6, 6.07) is 0. The van der Waals surface area contributed by atoms with Crippen molar-refractivity contribution in [2.24, 2.45) is 11.8 Å². The summed E-state index contributed by atoms with van der Waals surface area (Å²) in [4.78, 5) is 13.3. The molecule has 6 atom stereocenters. The molecule has 0 amide bonds. The minimum atomic E-state index is -0.696. The maximum absolute atomic E-state index is 13.3. The Morgan fingerprint density at radius 2 is 1.69 bits per heavy atom. The highest BCUT2D eigenvalue weighted by Crippen LogP contribution is 2.55. The number of fused-ring (bicyclic) bond motifs is 6. The lowest BCUT2D eigenvalue weighted by Gasteiger charge is -2.53. The SMILES string of the molecule is CC1(C)O[C@H]2O[C@H]3[C@H](OC[C@H]4[C@@H]3C3=C(CC5(CCCC5)OC3=O)OC4(C)C)[C@H]2O1. The van der Waals surface area contributed by atoms with Crippen LogP contribution in [0.4, 0.5) is 0 Å². The van der Waals surface area contributed by atoms with Crippen LogP contribution in [-0.2, 0) is 33.2 Å². The number of hydrogen-bond acceptors (Lipinski definition) is 7. The molecule has 6 aliphatic rings. The van der Waals surface area contributed by atoms with Crippen LogP contribution in [0.3, 0.4) is 0 Å². The first-order chi connectivity index (χ1) is 13.7. The largest absolute Gasteiger partial charge is 0.491 e. The summed E-state index contributed by atoms with van der Waals surface area (Å²) in [6.07, 6.45) is 3.37. The Morgan fingerprint density at radius 3 is 2.45 bits per heavy atom. The van der Waals surface area contributed by atoms with Gasteiger partial charge in [-0.15, -0.1) is 0 Å². The van der Waals surface area contributed by atoms with Crippen LogP contribution in [-0.4, -0.2) is 54.2 Å². The Balaban J connectivity index is 1.39. The van der Waals surface area contributed by atoms with Gasteiger partial charge in [0.25, 0.3) is 0 Å². The van der Waals surface area contributed by atoms with E-state index < -0.39 is 17.7 Å². The first kappa shape index (κ1) is 18.6. The molecule has 0 radical (unpaired) electrons. The second kappa shape index (κ2) is 5.75. The molecule has 1 saturated carbocycles. The summed E-state index contributed by atoms with van der Waals surface area (Å²) in [5.41, 5.74) is -0.176. The lowest BCUT2D eigenvalue weighted by atomic mass is 9.67. The first-order valence-electron chi connectivity index (χ1n) is 11.0. The maximum atomic E-state index is 13.3. The van der Waals surface area contributed by atoms with Crippen molar-refractivity contribution in [3.05, 3.63) is 11.3 Å². The molecule has 1 spiro atoms. The van der Waals surface area contributed by atoms with Gasteiger partial charge in [0.1, 0.15) is 29.2 Å². The molecule has 5 heterocycles. The quantitative estimate of drug-likeness (QED) is 0.573. The van der Waals surface area contributed by atoms with E-state index in [0.717, 1.165) is 31.4 Å². The number of ether oxygens (including phenoxy) is 6. The van der Waals surface area contributed by atoms with E-state index in [1.807, 2.05) is 13.8 Å². The highest BCUT2D eigenvalue weighted by atomic mass is 16.8. The fourth-order valence-corrected chi connectivity index (χ4v) is 6.42. The Bertz CT molecular complexity index is 778. The fourth-order valence-electron chi connectivity index (χ4n) is 6.42. The van der Waals surface area contributed by atoms with E-state index in [1.54, 1.807) is 0 Å². The average Bonchev–Trinajstić information content (AvgIpc) is 3.26. The third-order valence-corrected chi connectivity index (χ3v) is 7.72. The molecule has 0 aromatic rings. The standard InChI is InChI=1S/C22H30O7/c1-20(2)11-10-24-16-15(25-19-17(16)27-21(3,4)29-19)13(11)14-12(26-20)9-22(28-18(14)23)7-5-6-8-22/h11,13,15-17,19H,5-10H2,1-4H3/t11-,13+,15+,16-,17+,19+/m0/s1. The van der Waals surface area contributed by atoms with Crippen LogP contribution in [0.15, 0.2) is 11.3 Å². The molecule has 7 heteroatoms. The van der Waals surface area contributed by atoms with Crippen molar-refractivity contribution >= 4 is 5.97 Å². The van der Waals surface area contributed by atoms with Gasteiger partial charge in [0.05, 0.1) is 18.3 Å². The highest BCUT2D eigenvalue weighted by Gasteiger charge is 2.65. The minimum Gasteiger partial charge on any atom is -0.491 e. The highest BCUT2D eigenvalue weighted by molar-refractivity contribution is 5.91. The van der Waals surface area contributed by atoms with Gasteiger partial charge in [0, 0.05) is 18.3 Å². The van der Waals surface area contributed by atoms with E-state index in [4.69, 9.17) is 28.4 Å². The van der Waals surface area contributed by atoms with Crippen molar-refractivity contribution in [1.29, 1.82) is 0 Å². The predicted octanol–water partition coefficient (Wildman–Crippen LogP) is 2.82. The zero-order valence-corrected chi connectivity index (χ0v) is 17.6. The van der Waals surface area contributed by atoms with Gasteiger partial charge in [-0.2, -0.15) is 0 Å². The molecule has 0 N–H and O–H groups in total. The summed E-state index contributed by atoms with van der Waals surface area (Å²) in [5.74, 6) is -0.266. The summed E-state index contributed by atoms with van der Waals surface area (Å²) < 4.78 is 37.1. The first-order valence-corrected chi connectivity index (χ1v) is 11.0. The molecule has 0 unspecified atom stereocenters. The monoisotopic (exact) mass is 406 g/mol. The number of carbonyl (C=O) groups is 1. The normalized spacial score (nSPS) is 45.9. The molecule has 0 bridgehead atoms. The zero-order valence-electron chi connectivity index (χ0n) is 17.6. The lowest BCUT2D eigenvalue weighted by Crippen LogP contribution is -2.60. The topological polar surface area (TPSA) is 72.5 Å². The van der Waals surface area contributed by atoms with Crippen molar-refractivity contribution in [2.45, 2.75) is 101 Å². The molecular weight excluding hydrogens is 376 g/mol. The van der Waals surface area contributed by atoms with Crippen LogP contribution in [0, 0.1) is 11.8 Å². The van der Waals surface area contributed by atoms with Gasteiger partial charge in [-0.3, -0.25) is 0 Å². The van der Waals surface area contributed by atoms with Crippen LogP contribution < -0.4 is 0 Å². The molecule has 5 aliphatic heterocycles. The number of hydrogen-bond donors (Lipinski definition) is 0. The number of carbonyl (C=O) groups excluding carboxylic acids is 1. The van der Waals surface area contributed by atoms with E-state index in [0.29, 0.717) is 18.6 Å². The molecule has 4 fully saturated rings. The van der Waals surface area contributed by atoms with E-state index >= 15 is 0 Å². The van der Waals surface area contributed by atoms with Crippen molar-refractivity contribution in [2.75, 3.05) is 6.61 Å². The van der Waals surface area contributed by atoms with Gasteiger partial charge in [-0.1, -0.05) is 0 Å². The molecule has 7 nitrogen and oxygen atoms in total. The fraction of sp³-hybridized carbons (Fsp3) is 0.864. The van der Waals surface area contributed by atoms with Crippen molar-refractivity contribution < 1.29 is 33.2 Å². The zero-order chi connectivity index (χ0) is 20.2. The second-order valence-corrected chi connectivity index (χ2v) is 10.5. The predicted molar refractivity (Wildman–Crippen MR) is 99.5 cm³/mol. The number of rotatable bonds is 0. The summed E-state index contributed by atoms with van der Waals surface area (Å²) in [7, 11) is 0. The molecule has 3 saturated heterocycles. The van der Waals surface area contributed by atoms with Crippen molar-refractivity contribution in [3.63, 3.8) is 0 Å². The van der Waals surface area contributed by atoms with Crippen LogP contribution in [0.25, 0.3) is 0 Å². The van der Waals surface area contributed by atoms with E-state index in [-0.39, 0.29) is 41.7 Å². The Morgan fingerprint density at radius 1 is 0.931 bits per heavy atom. The van der Waals surface area contributed by atoms with Crippen LogP contribution in [0.1, 0.15) is 59.8 Å². The van der Waals surface area contributed by atoms with E-state index in [1.165, 1.54) is 0 Å². The maximum Gasteiger partial charge on any atom is 0.338 e. The molecule has 0 aromatic carbocycles. The Kier molecular flexibility index (Phi) is 3.69. The van der Waals surface area contributed by atoms with Crippen LogP contribution in [0.5, 0.6) is 0 Å². The van der Waals surface area contributed by atoms with Gasteiger partial charge < -0.3 is 28.4 Å². The molecular formula is C22H30O7. The van der Waals surface area contributed by atoms with Gasteiger partial charge in [0.15, 0.2) is 12.1 Å². The Labute approximate surface area is 171 Å². The van der Waals surface area contributed by atoms with Crippen LogP contribution >= 0.6 is 0 Å². The molecule has 29 heavy (non-hydrogen) atoms.